The minimum absolute atomic E-state index is 0.146. The van der Waals surface area contributed by atoms with Crippen molar-refractivity contribution in [2.45, 2.75) is 43.6 Å². The smallest absolute Gasteiger partial charge is 0.257 e. The number of halogens is 1. The van der Waals surface area contributed by atoms with Crippen molar-refractivity contribution in [2.24, 2.45) is 0 Å². The Morgan fingerprint density at radius 1 is 0.944 bits per heavy atom. The number of aromatic nitrogens is 1. The lowest BCUT2D eigenvalue weighted by atomic mass is 9.63. The van der Waals surface area contributed by atoms with E-state index in [1.165, 1.54) is 5.56 Å². The summed E-state index contributed by atoms with van der Waals surface area (Å²) in [7, 11) is 0. The summed E-state index contributed by atoms with van der Waals surface area (Å²) in [5, 5.41) is 1.94. The van der Waals surface area contributed by atoms with Gasteiger partial charge < -0.3 is 14.8 Å². The van der Waals surface area contributed by atoms with Crippen LogP contribution < -0.4 is 10.5 Å². The summed E-state index contributed by atoms with van der Waals surface area (Å²) in [6, 6.07) is 16.8. The molecule has 36 heavy (non-hydrogen) atoms. The average molecular weight is 505 g/mol. The number of hydrogen-bond donors (Lipinski definition) is 1. The molecule has 3 fully saturated rings. The van der Waals surface area contributed by atoms with Crippen LogP contribution in [-0.4, -0.2) is 66.0 Å². The number of benzene rings is 2. The maximum atomic E-state index is 13.6. The molecule has 0 radical (unpaired) electrons. The van der Waals surface area contributed by atoms with Crippen LogP contribution in [-0.2, 0) is 10.2 Å². The fourth-order valence-electron chi connectivity index (χ4n) is 6.44. The third kappa shape index (κ3) is 4.10. The first kappa shape index (κ1) is 23.6. The second-order valence-corrected chi connectivity index (χ2v) is 11.0. The molecule has 1 saturated carbocycles. The van der Waals surface area contributed by atoms with Gasteiger partial charge in [0.25, 0.3) is 5.56 Å². The number of carbonyl (C=O) groups excluding carboxylic acids is 1. The minimum atomic E-state index is -0.291. The van der Waals surface area contributed by atoms with Crippen molar-refractivity contribution in [3.63, 3.8) is 0 Å². The van der Waals surface area contributed by atoms with Crippen molar-refractivity contribution >= 4 is 34.0 Å². The van der Waals surface area contributed by atoms with Gasteiger partial charge in [-0.25, -0.2) is 0 Å². The number of nitrogens with zero attached hydrogens (tertiary/aromatic N) is 3. The van der Waals surface area contributed by atoms with Crippen LogP contribution >= 0.6 is 11.6 Å². The zero-order valence-electron chi connectivity index (χ0n) is 20.6. The summed E-state index contributed by atoms with van der Waals surface area (Å²) in [6.07, 6.45) is 6.94. The normalized spacial score (nSPS) is 20.9. The van der Waals surface area contributed by atoms with Gasteiger partial charge in [0.1, 0.15) is 0 Å². The number of carbonyl (C=O) groups is 1. The fraction of sp³-hybridized carbons (Fsp3) is 0.448. The first-order chi connectivity index (χ1) is 17.5. The van der Waals surface area contributed by atoms with Crippen LogP contribution in [0.4, 0.5) is 5.69 Å². The lowest BCUT2D eigenvalue weighted by molar-refractivity contribution is -0.143. The van der Waals surface area contributed by atoms with Crippen molar-refractivity contribution in [2.75, 3.05) is 44.2 Å². The quantitative estimate of drug-likeness (QED) is 0.571. The summed E-state index contributed by atoms with van der Waals surface area (Å²) >= 11 is 6.47. The third-order valence-electron chi connectivity index (χ3n) is 8.70. The molecule has 1 amide bonds. The summed E-state index contributed by atoms with van der Waals surface area (Å²) in [4.78, 5) is 35.5. The molecular weight excluding hydrogens is 472 g/mol. The highest BCUT2D eigenvalue weighted by Gasteiger charge is 2.48. The molecule has 1 N–H and O–H groups in total. The van der Waals surface area contributed by atoms with Crippen LogP contribution in [0, 0.1) is 0 Å². The predicted molar refractivity (Wildman–Crippen MR) is 145 cm³/mol. The number of hydrogen-bond acceptors (Lipinski definition) is 4. The molecule has 6 nitrogen and oxygen atoms in total. The molecule has 6 rings (SSSR count). The van der Waals surface area contributed by atoms with Gasteiger partial charge in [0.2, 0.25) is 5.91 Å². The number of amides is 1. The van der Waals surface area contributed by atoms with Gasteiger partial charge in [-0.15, -0.1) is 0 Å². The third-order valence-corrected chi connectivity index (χ3v) is 9.00. The van der Waals surface area contributed by atoms with Crippen molar-refractivity contribution in [1.82, 2.24) is 14.8 Å². The van der Waals surface area contributed by atoms with Gasteiger partial charge in [-0.3, -0.25) is 14.5 Å². The highest BCUT2D eigenvalue weighted by Crippen LogP contribution is 2.45. The largest absolute Gasteiger partial charge is 0.371 e. The molecule has 3 aliphatic rings. The highest BCUT2D eigenvalue weighted by atomic mass is 35.5. The summed E-state index contributed by atoms with van der Waals surface area (Å²) in [5.74, 6) is 0.335. The van der Waals surface area contributed by atoms with Gasteiger partial charge in [0.05, 0.1) is 15.8 Å². The van der Waals surface area contributed by atoms with E-state index >= 15 is 0 Å². The zero-order valence-corrected chi connectivity index (χ0v) is 21.3. The van der Waals surface area contributed by atoms with E-state index in [2.05, 4.69) is 50.0 Å². The molecule has 3 heterocycles. The number of anilines is 1. The standard InChI is InChI=1S/C29H33ClN4O2/c30-25-20-24(19-21-7-12-31-27(35)26(21)25)32-13-8-23(9-14-32)33-15-17-34(18-16-33)28(36)29(10-4-11-29)22-5-2-1-3-6-22/h1-3,5-7,12,19-20,23H,4,8-11,13-18H2,(H,31,35). The van der Waals surface area contributed by atoms with Crippen LogP contribution in [0.5, 0.6) is 0 Å². The first-order valence-corrected chi connectivity index (χ1v) is 13.6. The molecule has 2 aromatic carbocycles. The van der Waals surface area contributed by atoms with Gasteiger partial charge in [0, 0.05) is 57.2 Å². The van der Waals surface area contributed by atoms with E-state index < -0.39 is 0 Å². The van der Waals surface area contributed by atoms with Gasteiger partial charge in [0.15, 0.2) is 0 Å². The second kappa shape index (κ2) is 9.56. The van der Waals surface area contributed by atoms with Crippen LogP contribution in [0.3, 0.4) is 0 Å². The molecule has 0 spiro atoms. The molecule has 0 unspecified atom stereocenters. The van der Waals surface area contributed by atoms with E-state index in [0.29, 0.717) is 22.4 Å². The Labute approximate surface area is 216 Å². The number of pyridine rings is 1. The van der Waals surface area contributed by atoms with Gasteiger partial charge >= 0.3 is 0 Å². The van der Waals surface area contributed by atoms with E-state index in [4.69, 9.17) is 11.6 Å². The first-order valence-electron chi connectivity index (χ1n) is 13.2. The Kier molecular flexibility index (Phi) is 6.26. The molecule has 1 aliphatic carbocycles. The van der Waals surface area contributed by atoms with E-state index in [1.807, 2.05) is 18.2 Å². The fourth-order valence-corrected chi connectivity index (χ4v) is 6.75. The molecule has 7 heteroatoms. The number of nitrogens with one attached hydrogen (secondary N) is 1. The monoisotopic (exact) mass is 504 g/mol. The van der Waals surface area contributed by atoms with Crippen molar-refractivity contribution in [3.05, 3.63) is 75.7 Å². The van der Waals surface area contributed by atoms with E-state index in [-0.39, 0.29) is 11.0 Å². The Hall–Kier alpha value is -2.83. The van der Waals surface area contributed by atoms with Crippen molar-refractivity contribution < 1.29 is 4.79 Å². The zero-order chi connectivity index (χ0) is 24.7. The lowest BCUT2D eigenvalue weighted by Gasteiger charge is -2.48. The topological polar surface area (TPSA) is 59.7 Å². The molecule has 3 aromatic rings. The maximum Gasteiger partial charge on any atom is 0.257 e. The number of piperidine rings is 1. The van der Waals surface area contributed by atoms with Crippen LogP contribution in [0.15, 0.2) is 59.5 Å². The maximum absolute atomic E-state index is 13.6. The predicted octanol–water partition coefficient (Wildman–Crippen LogP) is 4.42. The van der Waals surface area contributed by atoms with E-state index in [0.717, 1.165) is 82.4 Å². The Bertz CT molecular complexity index is 1300. The van der Waals surface area contributed by atoms with Gasteiger partial charge in [-0.2, -0.15) is 0 Å². The molecule has 2 saturated heterocycles. The summed E-state index contributed by atoms with van der Waals surface area (Å²) in [6.45, 7) is 5.47. The van der Waals surface area contributed by atoms with Crippen LogP contribution in [0.2, 0.25) is 5.02 Å². The van der Waals surface area contributed by atoms with Crippen molar-refractivity contribution in [3.8, 4) is 0 Å². The Morgan fingerprint density at radius 2 is 1.67 bits per heavy atom. The average Bonchev–Trinajstić information content (AvgIpc) is 2.89. The van der Waals surface area contributed by atoms with Crippen molar-refractivity contribution in [1.29, 1.82) is 0 Å². The number of fused-ring (bicyclic) bond motifs is 1. The second-order valence-electron chi connectivity index (χ2n) is 10.5. The Morgan fingerprint density at radius 3 is 2.33 bits per heavy atom. The molecule has 2 aliphatic heterocycles. The highest BCUT2D eigenvalue weighted by molar-refractivity contribution is 6.35. The van der Waals surface area contributed by atoms with E-state index in [9.17, 15) is 9.59 Å². The van der Waals surface area contributed by atoms with E-state index in [1.54, 1.807) is 6.20 Å². The van der Waals surface area contributed by atoms with Gasteiger partial charge in [-0.05, 0) is 54.8 Å². The molecule has 0 bridgehead atoms. The number of piperazine rings is 1. The van der Waals surface area contributed by atoms with Gasteiger partial charge in [-0.1, -0.05) is 48.4 Å². The molecule has 0 atom stereocenters. The minimum Gasteiger partial charge on any atom is -0.371 e. The number of rotatable bonds is 4. The SMILES string of the molecule is O=C(N1CCN(C2CCN(c3cc(Cl)c4c(=O)[nH]ccc4c3)CC2)CC1)C1(c2ccccc2)CCC1. The number of H-pyrrole nitrogens is 1. The molecular formula is C29H33ClN4O2. The molecule has 1 aromatic heterocycles. The van der Waals surface area contributed by atoms with Crippen LogP contribution in [0.1, 0.15) is 37.7 Å². The van der Waals surface area contributed by atoms with Crippen LogP contribution in [0.25, 0.3) is 10.8 Å². The lowest BCUT2D eigenvalue weighted by Crippen LogP contribution is -2.58. The Balaban J connectivity index is 1.06. The summed E-state index contributed by atoms with van der Waals surface area (Å²) in [5.41, 5.74) is 1.83. The molecule has 188 valence electrons. The number of aromatic amines is 1. The summed E-state index contributed by atoms with van der Waals surface area (Å²) < 4.78 is 0.